The summed E-state index contributed by atoms with van der Waals surface area (Å²) in [4.78, 5) is 6.63. The van der Waals surface area contributed by atoms with Crippen molar-refractivity contribution in [3.05, 3.63) is 77.6 Å². The molecule has 0 spiro atoms. The Hall–Kier alpha value is -2.96. The van der Waals surface area contributed by atoms with Crippen molar-refractivity contribution in [2.75, 3.05) is 0 Å². The summed E-state index contributed by atoms with van der Waals surface area (Å²) < 4.78 is 0. The Morgan fingerprint density at radius 1 is 0.643 bits per heavy atom. The fraction of sp³-hybridized carbons (Fsp3) is 0. The van der Waals surface area contributed by atoms with Crippen molar-refractivity contribution in [1.29, 1.82) is 10.5 Å². The summed E-state index contributed by atoms with van der Waals surface area (Å²) in [7, 11) is 0. The number of nitriles is 2. The molecule has 28 heavy (non-hydrogen) atoms. The van der Waals surface area contributed by atoms with Crippen LogP contribution in [0.2, 0.25) is 20.1 Å². The summed E-state index contributed by atoms with van der Waals surface area (Å²) in [5.74, 6) is 0. The Balaban J connectivity index is 3.01. The molecule has 3 aromatic rings. The minimum atomic E-state index is -0.195. The molecule has 0 bridgehead atoms. The van der Waals surface area contributed by atoms with E-state index in [1.807, 2.05) is 12.1 Å². The van der Waals surface area contributed by atoms with Gasteiger partial charge in [0.1, 0.15) is 0 Å². The Bertz CT molecular complexity index is 1270. The van der Waals surface area contributed by atoms with Crippen molar-refractivity contribution >= 4 is 79.3 Å². The molecule has 0 unspecified atom stereocenters. The predicted molar refractivity (Wildman–Crippen MR) is 112 cm³/mol. The average molecular weight is 442 g/mol. The zero-order valence-corrected chi connectivity index (χ0v) is 16.6. The van der Waals surface area contributed by atoms with Gasteiger partial charge in [-0.25, -0.2) is 20.2 Å². The van der Waals surface area contributed by atoms with Gasteiger partial charge in [-0.2, -0.15) is 0 Å². The Kier molecular flexibility index (Phi) is 5.36. The van der Waals surface area contributed by atoms with Crippen LogP contribution < -0.4 is 10.4 Å². The highest BCUT2D eigenvalue weighted by Crippen LogP contribution is 2.30. The second kappa shape index (κ2) is 7.58. The summed E-state index contributed by atoms with van der Waals surface area (Å²) in [6.07, 6.45) is 0. The van der Waals surface area contributed by atoms with Gasteiger partial charge in [0, 0.05) is 10.4 Å². The molecule has 4 nitrogen and oxygen atoms in total. The first-order valence-corrected chi connectivity index (χ1v) is 8.92. The Labute approximate surface area is 179 Å². The lowest BCUT2D eigenvalue weighted by Gasteiger charge is -2.11. The van der Waals surface area contributed by atoms with E-state index in [2.05, 4.69) is 9.69 Å². The highest BCUT2D eigenvalue weighted by Gasteiger charge is 2.16. The lowest BCUT2D eigenvalue weighted by Crippen LogP contribution is -2.18. The second-order valence-electron chi connectivity index (χ2n) is 5.52. The van der Waals surface area contributed by atoms with Crippen molar-refractivity contribution in [3.8, 4) is 12.1 Å². The van der Waals surface area contributed by atoms with E-state index in [-0.39, 0.29) is 41.9 Å². The SMILES string of the molecule is [C-]#[N+]C(C#N)=c1c2cc(Cl)c(Cl)cc2c(=C(C#N)[N+]#[C-])c2cc(Cl)c(Cl)cc12. The molecular formula is C20H4Cl4N4. The van der Waals surface area contributed by atoms with Crippen molar-refractivity contribution in [2.24, 2.45) is 0 Å². The number of nitrogens with zero attached hydrogens (tertiary/aromatic N) is 4. The molecule has 0 aliphatic rings. The molecular weight excluding hydrogens is 438 g/mol. The predicted octanol–water partition coefficient (Wildman–Crippen LogP) is 5.71. The average Bonchev–Trinajstić information content (AvgIpc) is 2.68. The van der Waals surface area contributed by atoms with E-state index in [1.165, 1.54) is 24.3 Å². The highest BCUT2D eigenvalue weighted by molar-refractivity contribution is 6.44. The number of halogens is 4. The third-order valence-corrected chi connectivity index (χ3v) is 5.55. The number of fused-ring (bicyclic) bond motifs is 2. The summed E-state index contributed by atoms with van der Waals surface area (Å²) in [6, 6.07) is 9.76. The summed E-state index contributed by atoms with van der Waals surface area (Å²) >= 11 is 24.7. The van der Waals surface area contributed by atoms with E-state index in [0.29, 0.717) is 21.5 Å². The number of benzene rings is 3. The highest BCUT2D eigenvalue weighted by atomic mass is 35.5. The summed E-state index contributed by atoms with van der Waals surface area (Å²) in [5, 5.41) is 22.0. The first-order valence-electron chi connectivity index (χ1n) is 7.41. The third kappa shape index (κ3) is 3.00. The second-order valence-corrected chi connectivity index (χ2v) is 7.15. The molecule has 0 saturated heterocycles. The third-order valence-electron chi connectivity index (χ3n) is 4.11. The molecule has 0 radical (unpaired) electrons. The minimum absolute atomic E-state index is 0.195. The van der Waals surface area contributed by atoms with Gasteiger partial charge < -0.3 is 0 Å². The van der Waals surface area contributed by atoms with Gasteiger partial charge in [0.25, 0.3) is 11.4 Å². The summed E-state index contributed by atoms with van der Waals surface area (Å²) in [6.45, 7) is 14.8. The van der Waals surface area contributed by atoms with E-state index in [4.69, 9.17) is 59.5 Å². The maximum absolute atomic E-state index is 9.49. The van der Waals surface area contributed by atoms with E-state index in [1.54, 1.807) is 0 Å². The molecule has 8 heteroatoms. The lowest BCUT2D eigenvalue weighted by molar-refractivity contribution is 1.52. The maximum Gasteiger partial charge on any atom is 0.270 e. The van der Waals surface area contributed by atoms with E-state index in [9.17, 15) is 10.5 Å². The molecule has 0 atom stereocenters. The Morgan fingerprint density at radius 3 is 1.07 bits per heavy atom. The molecule has 3 rings (SSSR count). The van der Waals surface area contributed by atoms with E-state index >= 15 is 0 Å². The monoisotopic (exact) mass is 440 g/mol. The summed E-state index contributed by atoms with van der Waals surface area (Å²) in [5.41, 5.74) is -0.390. The zero-order chi connectivity index (χ0) is 20.6. The molecule has 132 valence electrons. The van der Waals surface area contributed by atoms with Crippen LogP contribution >= 0.6 is 46.4 Å². The molecule has 0 aliphatic heterocycles. The smallest absolute Gasteiger partial charge is 0.226 e. The van der Waals surface area contributed by atoms with Crippen molar-refractivity contribution in [1.82, 2.24) is 0 Å². The molecule has 0 saturated carbocycles. The number of hydrogen-bond donors (Lipinski definition) is 0. The molecule has 0 aromatic heterocycles. The van der Waals surface area contributed by atoms with E-state index < -0.39 is 0 Å². The fourth-order valence-corrected chi connectivity index (χ4v) is 3.65. The Morgan fingerprint density at radius 2 is 0.893 bits per heavy atom. The molecule has 0 N–H and O–H groups in total. The van der Waals surface area contributed by atoms with Gasteiger partial charge in [-0.3, -0.25) is 0 Å². The van der Waals surface area contributed by atoms with Crippen molar-refractivity contribution in [2.45, 2.75) is 0 Å². The van der Waals surface area contributed by atoms with Gasteiger partial charge >= 0.3 is 0 Å². The van der Waals surface area contributed by atoms with Crippen LogP contribution in [0.5, 0.6) is 0 Å². The maximum atomic E-state index is 9.49. The van der Waals surface area contributed by atoms with Crippen LogP contribution in [0.15, 0.2) is 24.3 Å². The van der Waals surface area contributed by atoms with Crippen LogP contribution in [-0.2, 0) is 0 Å². The van der Waals surface area contributed by atoms with Crippen LogP contribution in [0.4, 0.5) is 0 Å². The number of hydrogen-bond acceptors (Lipinski definition) is 2. The van der Waals surface area contributed by atoms with Gasteiger partial charge in [0.05, 0.1) is 45.4 Å². The normalized spacial score (nSPS) is 10.0. The zero-order valence-electron chi connectivity index (χ0n) is 13.6. The molecule has 0 heterocycles. The lowest BCUT2D eigenvalue weighted by atomic mass is 9.95. The standard InChI is InChI=1S/C20H4Cl4N4/c1-27-17(7-25)19-9-3-13(21)15(23)5-11(9)20(18(8-26)28-2)12-6-16(24)14(22)4-10(12)19/h3-6H. The van der Waals surface area contributed by atoms with Crippen molar-refractivity contribution in [3.63, 3.8) is 0 Å². The van der Waals surface area contributed by atoms with Gasteiger partial charge in [-0.05, 0) is 45.8 Å². The van der Waals surface area contributed by atoms with Crippen LogP contribution in [0.1, 0.15) is 0 Å². The van der Waals surface area contributed by atoms with Gasteiger partial charge in [-0.1, -0.05) is 46.4 Å². The van der Waals surface area contributed by atoms with Gasteiger partial charge in [-0.15, -0.1) is 0 Å². The largest absolute Gasteiger partial charge is 0.270 e. The van der Waals surface area contributed by atoms with Crippen LogP contribution in [-0.4, -0.2) is 0 Å². The molecule has 0 fully saturated rings. The van der Waals surface area contributed by atoms with E-state index in [0.717, 1.165) is 0 Å². The van der Waals surface area contributed by atoms with Crippen LogP contribution in [0, 0.1) is 35.8 Å². The first kappa shape index (κ1) is 19.8. The van der Waals surface area contributed by atoms with Crippen molar-refractivity contribution < 1.29 is 0 Å². The molecule has 0 aliphatic carbocycles. The van der Waals surface area contributed by atoms with Crippen LogP contribution in [0.3, 0.4) is 0 Å². The topological polar surface area (TPSA) is 56.3 Å². The minimum Gasteiger partial charge on any atom is -0.226 e. The first-order chi connectivity index (χ1) is 13.4. The quantitative estimate of drug-likeness (QED) is 0.331. The fourth-order valence-electron chi connectivity index (χ4n) is 3.00. The molecule has 0 amide bonds. The molecule has 3 aromatic carbocycles. The van der Waals surface area contributed by atoms with Crippen LogP contribution in [0.25, 0.3) is 42.6 Å². The van der Waals surface area contributed by atoms with Gasteiger partial charge in [0.2, 0.25) is 0 Å². The van der Waals surface area contributed by atoms with Gasteiger partial charge in [0.15, 0.2) is 0 Å². The number of rotatable bonds is 0.